The van der Waals surface area contributed by atoms with E-state index in [9.17, 15) is 9.90 Å². The highest BCUT2D eigenvalue weighted by Gasteiger charge is 2.42. The summed E-state index contributed by atoms with van der Waals surface area (Å²) in [6.45, 7) is 5.37. The van der Waals surface area contributed by atoms with Crippen LogP contribution in [0.1, 0.15) is 65.2 Å². The number of hydrogen-bond acceptors (Lipinski definition) is 2. The molecule has 1 saturated carbocycles. The van der Waals surface area contributed by atoms with Gasteiger partial charge in [0.05, 0.1) is 11.5 Å². The highest BCUT2D eigenvalue weighted by atomic mass is 16.5. The van der Waals surface area contributed by atoms with Crippen molar-refractivity contribution in [2.75, 3.05) is 6.61 Å². The van der Waals surface area contributed by atoms with Crippen molar-refractivity contribution in [3.05, 3.63) is 0 Å². The summed E-state index contributed by atoms with van der Waals surface area (Å²) in [6, 6.07) is 0. The van der Waals surface area contributed by atoms with E-state index in [1.807, 2.05) is 0 Å². The van der Waals surface area contributed by atoms with Crippen LogP contribution in [0.25, 0.3) is 0 Å². The molecule has 0 aromatic rings. The van der Waals surface area contributed by atoms with Gasteiger partial charge in [0, 0.05) is 6.61 Å². The zero-order chi connectivity index (χ0) is 13.9. The minimum absolute atomic E-state index is 0.319. The van der Waals surface area contributed by atoms with Crippen LogP contribution in [0.5, 0.6) is 0 Å². The fourth-order valence-corrected chi connectivity index (χ4v) is 3.74. The third kappa shape index (κ3) is 3.50. The van der Waals surface area contributed by atoms with Crippen molar-refractivity contribution in [2.45, 2.75) is 71.3 Å². The van der Waals surface area contributed by atoms with E-state index in [0.29, 0.717) is 12.0 Å². The molecule has 1 unspecified atom stereocenters. The third-order valence-corrected chi connectivity index (χ3v) is 5.35. The number of carboxylic acid groups (broad SMARTS) is 1. The number of carbonyl (C=O) groups is 1. The molecular weight excluding hydrogens is 240 g/mol. The smallest absolute Gasteiger partial charge is 0.309 e. The number of hydrogen-bond donors (Lipinski definition) is 1. The molecule has 2 aliphatic rings. The van der Waals surface area contributed by atoms with Gasteiger partial charge in [-0.1, -0.05) is 13.8 Å². The monoisotopic (exact) mass is 268 g/mol. The summed E-state index contributed by atoms with van der Waals surface area (Å²) in [4.78, 5) is 11.7. The van der Waals surface area contributed by atoms with Crippen LogP contribution in [-0.4, -0.2) is 23.8 Å². The first kappa shape index (κ1) is 14.8. The Kier molecular flexibility index (Phi) is 4.88. The van der Waals surface area contributed by atoms with Gasteiger partial charge in [-0.05, 0) is 63.2 Å². The quantitative estimate of drug-likeness (QED) is 0.823. The van der Waals surface area contributed by atoms with Gasteiger partial charge in [0.1, 0.15) is 0 Å². The lowest BCUT2D eigenvalue weighted by molar-refractivity contribution is -0.153. The predicted octanol–water partition coefficient (Wildman–Crippen LogP) is 3.86. The van der Waals surface area contributed by atoms with Gasteiger partial charge in [-0.25, -0.2) is 0 Å². The second kappa shape index (κ2) is 6.25. The van der Waals surface area contributed by atoms with Crippen LogP contribution in [0.4, 0.5) is 0 Å². The fraction of sp³-hybridized carbons (Fsp3) is 0.938. The van der Waals surface area contributed by atoms with E-state index < -0.39 is 11.4 Å². The number of rotatable bonds is 5. The minimum atomic E-state index is -0.576. The third-order valence-electron chi connectivity index (χ3n) is 5.35. The number of carboxylic acids is 1. The molecule has 0 radical (unpaired) electrons. The maximum Gasteiger partial charge on any atom is 0.309 e. The van der Waals surface area contributed by atoms with Crippen molar-refractivity contribution in [3.8, 4) is 0 Å². The summed E-state index contributed by atoms with van der Waals surface area (Å²) in [7, 11) is 0. The van der Waals surface area contributed by atoms with Gasteiger partial charge in [-0.2, -0.15) is 0 Å². The summed E-state index contributed by atoms with van der Waals surface area (Å²) in [5.74, 6) is 0.827. The Morgan fingerprint density at radius 1 is 1.32 bits per heavy atom. The maximum atomic E-state index is 11.7. The van der Waals surface area contributed by atoms with Crippen LogP contribution < -0.4 is 0 Å². The highest BCUT2D eigenvalue weighted by Crippen LogP contribution is 2.45. The molecule has 3 nitrogen and oxygen atoms in total. The summed E-state index contributed by atoms with van der Waals surface area (Å²) >= 11 is 0. The molecule has 2 rings (SSSR count). The van der Waals surface area contributed by atoms with E-state index in [4.69, 9.17) is 4.74 Å². The standard InChI is InChI=1S/C16H28O3/c1-12(2)13-5-8-16(9-6-13,15(17)18)10-7-14-4-3-11-19-14/h12-14H,3-11H2,1-2H3,(H,17,18). The Labute approximate surface area is 116 Å². The Morgan fingerprint density at radius 3 is 2.47 bits per heavy atom. The van der Waals surface area contributed by atoms with E-state index in [2.05, 4.69) is 13.8 Å². The van der Waals surface area contributed by atoms with Crippen molar-refractivity contribution in [1.29, 1.82) is 0 Å². The molecule has 1 aliphatic carbocycles. The SMILES string of the molecule is CC(C)C1CCC(CCC2CCCO2)(C(=O)O)CC1. The van der Waals surface area contributed by atoms with Crippen molar-refractivity contribution < 1.29 is 14.6 Å². The Bertz CT molecular complexity index is 297. The first-order valence-corrected chi connectivity index (χ1v) is 7.88. The van der Waals surface area contributed by atoms with Gasteiger partial charge in [0.2, 0.25) is 0 Å². The summed E-state index contributed by atoms with van der Waals surface area (Å²) in [6.07, 6.45) is 8.18. The molecule has 2 fully saturated rings. The molecule has 3 heteroatoms. The lowest BCUT2D eigenvalue weighted by Crippen LogP contribution is -2.37. The molecule has 0 aromatic carbocycles. The van der Waals surface area contributed by atoms with E-state index in [0.717, 1.165) is 63.9 Å². The summed E-state index contributed by atoms with van der Waals surface area (Å²) in [5, 5.41) is 9.65. The Morgan fingerprint density at radius 2 is 2.00 bits per heavy atom. The van der Waals surface area contributed by atoms with E-state index in [1.165, 1.54) is 0 Å². The zero-order valence-corrected chi connectivity index (χ0v) is 12.4. The van der Waals surface area contributed by atoms with Crippen LogP contribution in [0.15, 0.2) is 0 Å². The summed E-state index contributed by atoms with van der Waals surface area (Å²) < 4.78 is 5.64. The van der Waals surface area contributed by atoms with Gasteiger partial charge in [0.25, 0.3) is 0 Å². The number of ether oxygens (including phenoxy) is 1. The van der Waals surface area contributed by atoms with E-state index >= 15 is 0 Å². The summed E-state index contributed by atoms with van der Waals surface area (Å²) in [5.41, 5.74) is -0.461. The van der Waals surface area contributed by atoms with Crippen LogP contribution in [0.3, 0.4) is 0 Å². The molecular formula is C16H28O3. The maximum absolute atomic E-state index is 11.7. The average molecular weight is 268 g/mol. The highest BCUT2D eigenvalue weighted by molar-refractivity contribution is 5.74. The van der Waals surface area contributed by atoms with Gasteiger partial charge in [0.15, 0.2) is 0 Å². The number of aliphatic carboxylic acids is 1. The Balaban J connectivity index is 1.89. The zero-order valence-electron chi connectivity index (χ0n) is 12.4. The largest absolute Gasteiger partial charge is 0.481 e. The van der Waals surface area contributed by atoms with Gasteiger partial charge in [-0.15, -0.1) is 0 Å². The lowest BCUT2D eigenvalue weighted by atomic mass is 9.66. The van der Waals surface area contributed by atoms with Crippen LogP contribution >= 0.6 is 0 Å². The molecule has 1 heterocycles. The van der Waals surface area contributed by atoms with E-state index in [1.54, 1.807) is 0 Å². The second-order valence-electron chi connectivity index (χ2n) is 6.84. The molecule has 0 aromatic heterocycles. The van der Waals surface area contributed by atoms with Gasteiger partial charge >= 0.3 is 5.97 Å². The molecule has 1 saturated heterocycles. The fourth-order valence-electron chi connectivity index (χ4n) is 3.74. The first-order valence-electron chi connectivity index (χ1n) is 7.88. The predicted molar refractivity (Wildman–Crippen MR) is 75.1 cm³/mol. The van der Waals surface area contributed by atoms with Crippen molar-refractivity contribution >= 4 is 5.97 Å². The van der Waals surface area contributed by atoms with Crippen molar-refractivity contribution in [1.82, 2.24) is 0 Å². The van der Waals surface area contributed by atoms with Crippen LogP contribution in [0, 0.1) is 17.3 Å². The van der Waals surface area contributed by atoms with Gasteiger partial charge < -0.3 is 9.84 Å². The van der Waals surface area contributed by atoms with Crippen molar-refractivity contribution in [3.63, 3.8) is 0 Å². The van der Waals surface area contributed by atoms with E-state index in [-0.39, 0.29) is 0 Å². The van der Waals surface area contributed by atoms with Gasteiger partial charge in [-0.3, -0.25) is 4.79 Å². The molecule has 0 amide bonds. The molecule has 1 N–H and O–H groups in total. The minimum Gasteiger partial charge on any atom is -0.481 e. The normalized spacial score (nSPS) is 35.7. The lowest BCUT2D eigenvalue weighted by Gasteiger charge is -2.38. The van der Waals surface area contributed by atoms with Crippen molar-refractivity contribution in [2.24, 2.45) is 17.3 Å². The molecule has 1 aliphatic heterocycles. The second-order valence-corrected chi connectivity index (χ2v) is 6.84. The Hall–Kier alpha value is -0.570. The first-order chi connectivity index (χ1) is 9.03. The molecule has 19 heavy (non-hydrogen) atoms. The molecule has 1 atom stereocenters. The molecule has 110 valence electrons. The molecule has 0 spiro atoms. The topological polar surface area (TPSA) is 46.5 Å². The average Bonchev–Trinajstić information content (AvgIpc) is 2.89. The van der Waals surface area contributed by atoms with Crippen LogP contribution in [0.2, 0.25) is 0 Å². The van der Waals surface area contributed by atoms with Crippen LogP contribution in [-0.2, 0) is 9.53 Å². The molecule has 0 bridgehead atoms.